The number of hydrogen-bond acceptors (Lipinski definition) is 2. The number of terminal acetylenes is 1. The minimum atomic E-state index is -0.390. The molecule has 0 atom stereocenters. The van der Waals surface area contributed by atoms with E-state index in [-0.39, 0.29) is 11.3 Å². The Morgan fingerprint density at radius 2 is 2.33 bits per heavy atom. The Morgan fingerprint density at radius 3 is 2.75 bits per heavy atom. The predicted octanol–water partition coefficient (Wildman–Crippen LogP) is 0.430. The number of amides is 1. The van der Waals surface area contributed by atoms with Gasteiger partial charge in [-0.15, -0.1) is 6.42 Å². The van der Waals surface area contributed by atoms with Crippen LogP contribution < -0.4 is 5.32 Å². The van der Waals surface area contributed by atoms with Crippen molar-refractivity contribution < 1.29 is 4.79 Å². The summed E-state index contributed by atoms with van der Waals surface area (Å²) in [5, 5.41) is 11.1. The molecule has 3 heteroatoms. The number of nitriles is 1. The molecule has 0 aromatic heterocycles. The van der Waals surface area contributed by atoms with E-state index in [4.69, 9.17) is 11.7 Å². The molecule has 0 aliphatic heterocycles. The second kappa shape index (κ2) is 3.28. The lowest BCUT2D eigenvalue weighted by atomic mass is 10.0. The van der Waals surface area contributed by atoms with Crippen LogP contribution in [-0.2, 0) is 4.79 Å². The molecule has 1 aliphatic carbocycles. The molecule has 1 saturated carbocycles. The van der Waals surface area contributed by atoms with Crippen molar-refractivity contribution in [1.29, 1.82) is 5.26 Å². The summed E-state index contributed by atoms with van der Waals surface area (Å²) in [6.45, 7) is 0.545. The topological polar surface area (TPSA) is 52.9 Å². The van der Waals surface area contributed by atoms with E-state index in [1.165, 1.54) is 0 Å². The van der Waals surface area contributed by atoms with Crippen LogP contribution >= 0.6 is 0 Å². The third kappa shape index (κ3) is 2.00. The fourth-order valence-electron chi connectivity index (χ4n) is 1.08. The van der Waals surface area contributed by atoms with Crippen LogP contribution in [-0.4, -0.2) is 12.5 Å². The average molecular weight is 162 g/mol. The molecule has 62 valence electrons. The van der Waals surface area contributed by atoms with Gasteiger partial charge in [0.05, 0.1) is 6.07 Å². The van der Waals surface area contributed by atoms with Gasteiger partial charge in [-0.05, 0) is 18.8 Å². The molecular weight excluding hydrogens is 152 g/mol. The monoisotopic (exact) mass is 162 g/mol. The fraction of sp³-hybridized carbons (Fsp3) is 0.556. The van der Waals surface area contributed by atoms with Gasteiger partial charge in [0.1, 0.15) is 0 Å². The molecule has 1 amide bonds. The van der Waals surface area contributed by atoms with Crippen LogP contribution in [0.1, 0.15) is 19.3 Å². The van der Waals surface area contributed by atoms with Crippen molar-refractivity contribution >= 4 is 5.91 Å². The third-order valence-electron chi connectivity index (χ3n) is 2.17. The summed E-state index contributed by atoms with van der Waals surface area (Å²) < 4.78 is 0. The normalized spacial score (nSPS) is 17.2. The van der Waals surface area contributed by atoms with Gasteiger partial charge in [0.2, 0.25) is 0 Å². The summed E-state index contributed by atoms with van der Waals surface area (Å²) in [6, 6.07) is 2.11. The van der Waals surface area contributed by atoms with E-state index in [0.717, 1.165) is 12.8 Å². The number of nitrogens with one attached hydrogen (secondary N) is 1. The molecule has 0 bridgehead atoms. The van der Waals surface area contributed by atoms with E-state index in [0.29, 0.717) is 13.0 Å². The van der Waals surface area contributed by atoms with Crippen LogP contribution in [0.5, 0.6) is 0 Å². The van der Waals surface area contributed by atoms with Crippen LogP contribution in [0.15, 0.2) is 0 Å². The maximum absolute atomic E-state index is 10.7. The summed E-state index contributed by atoms with van der Waals surface area (Å²) >= 11 is 0. The first-order valence-electron chi connectivity index (χ1n) is 3.84. The second-order valence-electron chi connectivity index (χ2n) is 3.16. The molecule has 1 aliphatic rings. The van der Waals surface area contributed by atoms with Crippen molar-refractivity contribution in [2.45, 2.75) is 19.3 Å². The maximum atomic E-state index is 10.7. The molecular formula is C9H10N2O. The minimum absolute atomic E-state index is 0.0429. The average Bonchev–Trinajstić information content (AvgIpc) is 2.82. The molecule has 0 aromatic carbocycles. The zero-order valence-electron chi connectivity index (χ0n) is 6.76. The zero-order chi connectivity index (χ0) is 9.03. The second-order valence-corrected chi connectivity index (χ2v) is 3.16. The van der Waals surface area contributed by atoms with Crippen molar-refractivity contribution in [3.8, 4) is 18.4 Å². The first-order valence-corrected chi connectivity index (χ1v) is 3.84. The Hall–Kier alpha value is -1.48. The van der Waals surface area contributed by atoms with Crippen LogP contribution in [0.3, 0.4) is 0 Å². The van der Waals surface area contributed by atoms with Crippen LogP contribution in [0.25, 0.3) is 0 Å². The summed E-state index contributed by atoms with van der Waals surface area (Å²) in [5.41, 5.74) is 0.0429. The Balaban J connectivity index is 2.29. The van der Waals surface area contributed by atoms with Gasteiger partial charge in [-0.3, -0.25) is 4.79 Å². The van der Waals surface area contributed by atoms with Gasteiger partial charge >= 0.3 is 0 Å². The Labute approximate surface area is 71.8 Å². The molecule has 0 unspecified atom stereocenters. The van der Waals surface area contributed by atoms with Crippen LogP contribution in [0.2, 0.25) is 0 Å². The van der Waals surface area contributed by atoms with Gasteiger partial charge in [0, 0.05) is 18.4 Å². The predicted molar refractivity (Wildman–Crippen MR) is 43.7 cm³/mol. The largest absolute Gasteiger partial charge is 0.345 e. The fourth-order valence-corrected chi connectivity index (χ4v) is 1.08. The zero-order valence-corrected chi connectivity index (χ0v) is 6.76. The molecule has 0 heterocycles. The number of hydrogen-bond donors (Lipinski definition) is 1. The Bertz CT molecular complexity index is 265. The quantitative estimate of drug-likeness (QED) is 0.612. The molecule has 12 heavy (non-hydrogen) atoms. The summed E-state index contributed by atoms with van der Waals surface area (Å²) in [7, 11) is 0. The molecule has 0 radical (unpaired) electrons. The Kier molecular flexibility index (Phi) is 2.35. The molecule has 1 fully saturated rings. The van der Waals surface area contributed by atoms with Gasteiger partial charge in [-0.2, -0.15) is 5.26 Å². The van der Waals surface area contributed by atoms with E-state index in [1.807, 2.05) is 5.92 Å². The molecule has 1 rings (SSSR count). The van der Waals surface area contributed by atoms with Gasteiger partial charge in [-0.25, -0.2) is 0 Å². The van der Waals surface area contributed by atoms with Crippen molar-refractivity contribution in [2.75, 3.05) is 6.54 Å². The van der Waals surface area contributed by atoms with E-state index >= 15 is 0 Å². The van der Waals surface area contributed by atoms with E-state index < -0.39 is 0 Å². The molecule has 0 aromatic rings. The Morgan fingerprint density at radius 1 is 1.67 bits per heavy atom. The third-order valence-corrected chi connectivity index (χ3v) is 2.17. The highest BCUT2D eigenvalue weighted by atomic mass is 16.1. The smallest absolute Gasteiger partial charge is 0.295 e. The number of rotatable bonds is 3. The lowest BCUT2D eigenvalue weighted by Gasteiger charge is -2.09. The van der Waals surface area contributed by atoms with E-state index in [9.17, 15) is 4.79 Å². The lowest BCUT2D eigenvalue weighted by Crippen LogP contribution is -2.28. The standard InChI is InChI=1S/C9H10N2O/c1-2-8(12)11-7-9(3-4-9)5-6-10/h1H,3-5,7H2,(H,11,12). The number of carbonyl (C=O) groups excluding carboxylic acids is 1. The maximum Gasteiger partial charge on any atom is 0.295 e. The highest BCUT2D eigenvalue weighted by molar-refractivity contribution is 5.92. The van der Waals surface area contributed by atoms with Crippen LogP contribution in [0, 0.1) is 29.1 Å². The van der Waals surface area contributed by atoms with Crippen molar-refractivity contribution in [2.24, 2.45) is 5.41 Å². The van der Waals surface area contributed by atoms with Crippen molar-refractivity contribution in [3.63, 3.8) is 0 Å². The van der Waals surface area contributed by atoms with E-state index in [2.05, 4.69) is 11.4 Å². The minimum Gasteiger partial charge on any atom is -0.345 e. The summed E-state index contributed by atoms with van der Waals surface area (Å²) in [6.07, 6.45) is 7.42. The summed E-state index contributed by atoms with van der Waals surface area (Å²) in [4.78, 5) is 10.7. The van der Waals surface area contributed by atoms with Crippen molar-refractivity contribution in [3.05, 3.63) is 0 Å². The van der Waals surface area contributed by atoms with Gasteiger partial charge in [0.15, 0.2) is 0 Å². The molecule has 1 N–H and O–H groups in total. The van der Waals surface area contributed by atoms with E-state index in [1.54, 1.807) is 0 Å². The molecule has 0 saturated heterocycles. The highest BCUT2D eigenvalue weighted by Crippen LogP contribution is 2.47. The van der Waals surface area contributed by atoms with Crippen molar-refractivity contribution in [1.82, 2.24) is 5.32 Å². The highest BCUT2D eigenvalue weighted by Gasteiger charge is 2.42. The van der Waals surface area contributed by atoms with Gasteiger partial charge in [-0.1, -0.05) is 0 Å². The van der Waals surface area contributed by atoms with Gasteiger partial charge < -0.3 is 5.32 Å². The summed E-state index contributed by atoms with van der Waals surface area (Å²) in [5.74, 6) is 1.58. The lowest BCUT2D eigenvalue weighted by molar-refractivity contribution is -0.115. The first kappa shape index (κ1) is 8.62. The number of carbonyl (C=O) groups is 1. The SMILES string of the molecule is C#CC(=O)NCC1(CC#N)CC1. The molecule has 3 nitrogen and oxygen atoms in total. The number of nitrogens with zero attached hydrogens (tertiary/aromatic N) is 1. The van der Waals surface area contributed by atoms with Gasteiger partial charge in [0.25, 0.3) is 5.91 Å². The first-order chi connectivity index (χ1) is 5.72. The molecule has 0 spiro atoms. The van der Waals surface area contributed by atoms with Crippen LogP contribution in [0.4, 0.5) is 0 Å².